The number of fused-ring (bicyclic) bond motifs is 1. The molecule has 1 atom stereocenters. The molecule has 0 saturated carbocycles. The Balaban J connectivity index is 1.24. The van der Waals surface area contributed by atoms with Gasteiger partial charge in [0.15, 0.2) is 0 Å². The van der Waals surface area contributed by atoms with Crippen molar-refractivity contribution in [3.05, 3.63) is 101 Å². The summed E-state index contributed by atoms with van der Waals surface area (Å²) in [4.78, 5) is 25.8. The highest BCUT2D eigenvalue weighted by atomic mass is 19.3. The van der Waals surface area contributed by atoms with E-state index in [9.17, 15) is 27.2 Å². The van der Waals surface area contributed by atoms with Crippen molar-refractivity contribution in [2.45, 2.75) is 44.1 Å². The van der Waals surface area contributed by atoms with E-state index in [2.05, 4.69) is 52.1 Å². The summed E-state index contributed by atoms with van der Waals surface area (Å²) in [5.41, 5.74) is 2.83. The fourth-order valence-corrected chi connectivity index (χ4v) is 5.14. The van der Waals surface area contributed by atoms with Crippen molar-refractivity contribution in [3.8, 4) is 5.75 Å². The minimum absolute atomic E-state index is 0.000221. The lowest BCUT2D eigenvalue weighted by Gasteiger charge is -2.30. The first-order valence-electron chi connectivity index (χ1n) is 13.9. The number of ether oxygens (including phenoxy) is 2. The summed E-state index contributed by atoms with van der Waals surface area (Å²) in [6.45, 7) is 0. The number of aromatic amines is 1. The first-order valence-corrected chi connectivity index (χ1v) is 13.9. The van der Waals surface area contributed by atoms with Crippen molar-refractivity contribution in [1.82, 2.24) is 25.9 Å². The first kappa shape index (κ1) is 29.7. The van der Waals surface area contributed by atoms with Crippen LogP contribution in [0.15, 0.2) is 72.8 Å². The van der Waals surface area contributed by atoms with E-state index >= 15 is 0 Å². The number of carbonyl (C=O) groups is 2. The Bertz CT molecular complexity index is 1730. The van der Waals surface area contributed by atoms with Crippen molar-refractivity contribution < 1.29 is 36.6 Å². The van der Waals surface area contributed by atoms with Crippen LogP contribution in [0.3, 0.4) is 0 Å². The number of alkyl halides is 4. The summed E-state index contributed by atoms with van der Waals surface area (Å²) in [6, 6.07) is 15.4. The summed E-state index contributed by atoms with van der Waals surface area (Å²) < 4.78 is 63.0. The third kappa shape index (κ3) is 6.77. The van der Waals surface area contributed by atoms with Crippen LogP contribution < -0.4 is 20.7 Å². The number of anilines is 2. The van der Waals surface area contributed by atoms with Gasteiger partial charge in [-0.3, -0.25) is 10.1 Å². The minimum atomic E-state index is -4.51. The van der Waals surface area contributed by atoms with E-state index < -0.39 is 41.7 Å². The van der Waals surface area contributed by atoms with Gasteiger partial charge >= 0.3 is 18.4 Å². The third-order valence-corrected chi connectivity index (χ3v) is 7.28. The van der Waals surface area contributed by atoms with Crippen LogP contribution in [0.5, 0.6) is 5.75 Å². The van der Waals surface area contributed by atoms with E-state index in [1.54, 1.807) is 24.3 Å². The Labute approximate surface area is 253 Å². The Morgan fingerprint density at radius 2 is 1.64 bits per heavy atom. The first-order chi connectivity index (χ1) is 21.6. The summed E-state index contributed by atoms with van der Waals surface area (Å²) in [6.07, 6.45) is -2.39. The van der Waals surface area contributed by atoms with Gasteiger partial charge in [-0.25, -0.2) is 9.53 Å². The van der Waals surface area contributed by atoms with Gasteiger partial charge in [-0.05, 0) is 83.5 Å². The molecular formula is C30H25F4N7O4. The molecule has 232 valence electrons. The zero-order valence-corrected chi connectivity index (χ0v) is 23.3. The largest absolute Gasteiger partial charge is 0.540 e. The number of nitrogens with zero attached hydrogens (tertiary/aromatic N) is 3. The van der Waals surface area contributed by atoms with Crippen LogP contribution in [0.1, 0.15) is 64.3 Å². The molecule has 4 aromatic rings. The van der Waals surface area contributed by atoms with Gasteiger partial charge in [0.1, 0.15) is 5.75 Å². The molecule has 0 fully saturated rings. The third-order valence-electron chi connectivity index (χ3n) is 7.28. The zero-order valence-electron chi connectivity index (χ0n) is 23.3. The topological polar surface area (TPSA) is 143 Å². The number of rotatable bonds is 7. The lowest BCUT2D eigenvalue weighted by molar-refractivity contribution is -0.461. The van der Waals surface area contributed by atoms with Crippen molar-refractivity contribution in [2.24, 2.45) is 0 Å². The average molecular weight is 624 g/mol. The smallest absolute Gasteiger partial charge is 0.409 e. The molecule has 0 spiro atoms. The Morgan fingerprint density at radius 3 is 2.31 bits per heavy atom. The highest BCUT2D eigenvalue weighted by molar-refractivity contribution is 6.03. The molecule has 15 heteroatoms. The number of nitrogens with one attached hydrogen (secondary N) is 4. The number of carbonyl (C=O) groups excluding carboxylic acids is 2. The molecule has 1 unspecified atom stereocenters. The molecule has 0 radical (unpaired) electrons. The molecule has 0 saturated heterocycles. The highest BCUT2D eigenvalue weighted by Gasteiger charge is 2.54. The fourth-order valence-electron chi connectivity index (χ4n) is 5.14. The van der Waals surface area contributed by atoms with Gasteiger partial charge in [0.25, 0.3) is 11.9 Å². The lowest BCUT2D eigenvalue weighted by Crippen LogP contribution is -2.41. The van der Waals surface area contributed by atoms with Gasteiger partial charge in [0, 0.05) is 11.3 Å². The molecule has 3 aromatic carbocycles. The van der Waals surface area contributed by atoms with Crippen LogP contribution in [0.4, 0.5) is 34.0 Å². The molecule has 45 heavy (non-hydrogen) atoms. The SMILES string of the molecule is O=C(Nc1ccc2c(c1)C(F)(F)OC(F)(F)O2)NC(c1ccc(C(=O)Nc2nn[nH]n2)cc1)c1ccc(C2=CCCCC2)cc1. The number of halogens is 4. The Hall–Kier alpha value is -5.31. The normalized spacial score (nSPS) is 17.2. The van der Waals surface area contributed by atoms with Crippen molar-refractivity contribution in [2.75, 3.05) is 10.6 Å². The quantitative estimate of drug-likeness (QED) is 0.176. The van der Waals surface area contributed by atoms with Gasteiger partial charge in [0.2, 0.25) is 0 Å². The van der Waals surface area contributed by atoms with Gasteiger partial charge in [-0.15, -0.1) is 13.9 Å². The maximum Gasteiger partial charge on any atom is 0.540 e. The van der Waals surface area contributed by atoms with Crippen LogP contribution >= 0.6 is 0 Å². The van der Waals surface area contributed by atoms with Crippen molar-refractivity contribution in [3.63, 3.8) is 0 Å². The summed E-state index contributed by atoms with van der Waals surface area (Å²) >= 11 is 0. The van der Waals surface area contributed by atoms with Crippen LogP contribution in [-0.2, 0) is 10.8 Å². The molecular weight excluding hydrogens is 598 g/mol. The number of benzene rings is 3. The number of hydrogen-bond donors (Lipinski definition) is 4. The monoisotopic (exact) mass is 623 g/mol. The number of allylic oxidation sites excluding steroid dienone is 2. The molecule has 2 aliphatic rings. The van der Waals surface area contributed by atoms with Crippen LogP contribution in [-0.4, -0.2) is 38.9 Å². The average Bonchev–Trinajstić information content (AvgIpc) is 3.53. The van der Waals surface area contributed by atoms with Crippen LogP contribution in [0.2, 0.25) is 0 Å². The van der Waals surface area contributed by atoms with E-state index in [0.29, 0.717) is 11.1 Å². The number of tetrazole rings is 1. The molecule has 1 aromatic heterocycles. The maximum absolute atomic E-state index is 14.3. The van der Waals surface area contributed by atoms with Crippen molar-refractivity contribution >= 4 is 29.1 Å². The van der Waals surface area contributed by atoms with E-state index in [-0.39, 0.29) is 17.2 Å². The van der Waals surface area contributed by atoms with Gasteiger partial charge in [-0.2, -0.15) is 14.0 Å². The van der Waals surface area contributed by atoms with Gasteiger partial charge < -0.3 is 15.4 Å². The van der Waals surface area contributed by atoms with Gasteiger partial charge in [-0.1, -0.05) is 47.6 Å². The number of aromatic nitrogens is 4. The summed E-state index contributed by atoms with van der Waals surface area (Å²) in [5.74, 6) is -1.26. The number of hydrogen-bond acceptors (Lipinski definition) is 7. The van der Waals surface area contributed by atoms with E-state index in [1.807, 2.05) is 24.3 Å². The molecule has 11 nitrogen and oxygen atoms in total. The summed E-state index contributed by atoms with van der Waals surface area (Å²) in [5, 5.41) is 20.8. The van der Waals surface area contributed by atoms with Crippen LogP contribution in [0, 0.1) is 0 Å². The van der Waals surface area contributed by atoms with Crippen molar-refractivity contribution in [1.29, 1.82) is 0 Å². The van der Waals surface area contributed by atoms with Crippen LogP contribution in [0.25, 0.3) is 5.57 Å². The van der Waals surface area contributed by atoms with E-state index in [4.69, 9.17) is 0 Å². The minimum Gasteiger partial charge on any atom is -0.409 e. The Kier molecular flexibility index (Phi) is 7.93. The second kappa shape index (κ2) is 12.0. The second-order valence-corrected chi connectivity index (χ2v) is 10.3. The van der Waals surface area contributed by atoms with E-state index in [0.717, 1.165) is 49.4 Å². The molecule has 3 amide bonds. The maximum atomic E-state index is 14.3. The summed E-state index contributed by atoms with van der Waals surface area (Å²) in [7, 11) is 0. The zero-order chi connectivity index (χ0) is 31.6. The van der Waals surface area contributed by atoms with E-state index in [1.165, 1.54) is 5.57 Å². The van der Waals surface area contributed by atoms with Gasteiger partial charge in [0.05, 0.1) is 11.6 Å². The standard InChI is InChI=1S/C30H25F4N7O4/c31-29(32)23-16-22(14-15-24(23)44-30(33,34)45-29)35-28(43)36-25(19-8-6-18(7-9-19)17-4-2-1-3-5-17)20-10-12-21(13-11-20)26(42)37-27-38-40-41-39-27/h4,6-16,25H,1-3,5H2,(H2,35,36,43)(H2,37,38,39,40,41,42). The molecule has 4 N–H and O–H groups in total. The predicted molar refractivity (Wildman–Crippen MR) is 152 cm³/mol. The lowest BCUT2D eigenvalue weighted by atomic mass is 9.91. The Morgan fingerprint density at radius 1 is 0.911 bits per heavy atom. The number of urea groups is 1. The highest BCUT2D eigenvalue weighted by Crippen LogP contribution is 2.47. The molecule has 0 bridgehead atoms. The number of H-pyrrole nitrogens is 1. The molecule has 6 rings (SSSR count). The molecule has 1 aliphatic heterocycles. The fraction of sp³-hybridized carbons (Fsp3) is 0.233. The number of amides is 3. The molecule has 1 aliphatic carbocycles. The molecule has 2 heterocycles. The predicted octanol–water partition coefficient (Wildman–Crippen LogP) is 6.33. The second-order valence-electron chi connectivity index (χ2n) is 10.3.